The third kappa shape index (κ3) is 6.48. The smallest absolute Gasteiger partial charge is 0.226 e. The van der Waals surface area contributed by atoms with E-state index in [4.69, 9.17) is 9.47 Å². The van der Waals surface area contributed by atoms with Crippen LogP contribution >= 0.6 is 0 Å². The van der Waals surface area contributed by atoms with Crippen molar-refractivity contribution in [2.24, 2.45) is 5.92 Å². The minimum Gasteiger partial charge on any atom is -0.493 e. The topological polar surface area (TPSA) is 38.8 Å². The van der Waals surface area contributed by atoms with Crippen molar-refractivity contribution in [3.63, 3.8) is 0 Å². The quantitative estimate of drug-likeness (QED) is 0.703. The summed E-state index contributed by atoms with van der Waals surface area (Å²) in [6, 6.07) is 6.07. The summed E-state index contributed by atoms with van der Waals surface area (Å²) in [5.74, 6) is 1.42. The number of carbonyl (C=O) groups is 1. The normalized spacial score (nSPS) is 10.8. The van der Waals surface area contributed by atoms with Crippen LogP contribution in [0, 0.1) is 19.8 Å². The molecule has 0 saturated heterocycles. The average molecular weight is 307 g/mol. The molecular formula is C18H29NO3. The number of methoxy groups -OCH3 is 1. The molecule has 0 aliphatic heterocycles. The van der Waals surface area contributed by atoms with Crippen molar-refractivity contribution >= 4 is 5.91 Å². The molecule has 0 radical (unpaired) electrons. The van der Waals surface area contributed by atoms with Gasteiger partial charge in [0, 0.05) is 20.2 Å². The molecule has 0 spiro atoms. The number of hydrogen-bond donors (Lipinski definition) is 0. The van der Waals surface area contributed by atoms with Crippen LogP contribution in [0.15, 0.2) is 18.2 Å². The third-order valence-electron chi connectivity index (χ3n) is 3.41. The Morgan fingerprint density at radius 1 is 1.23 bits per heavy atom. The second-order valence-electron chi connectivity index (χ2n) is 6.09. The van der Waals surface area contributed by atoms with Crippen molar-refractivity contribution < 1.29 is 14.3 Å². The molecule has 4 nitrogen and oxygen atoms in total. The first-order valence-corrected chi connectivity index (χ1v) is 7.90. The van der Waals surface area contributed by atoms with Gasteiger partial charge in [0.2, 0.25) is 5.91 Å². The maximum atomic E-state index is 12.3. The van der Waals surface area contributed by atoms with E-state index in [-0.39, 0.29) is 5.91 Å². The zero-order valence-corrected chi connectivity index (χ0v) is 14.5. The van der Waals surface area contributed by atoms with Gasteiger partial charge < -0.3 is 14.4 Å². The molecule has 124 valence electrons. The largest absolute Gasteiger partial charge is 0.493 e. The summed E-state index contributed by atoms with van der Waals surface area (Å²) in [5.41, 5.74) is 2.31. The molecule has 1 rings (SSSR count). The van der Waals surface area contributed by atoms with Gasteiger partial charge in [-0.15, -0.1) is 0 Å². The lowest BCUT2D eigenvalue weighted by Gasteiger charge is -2.24. The van der Waals surface area contributed by atoms with E-state index in [9.17, 15) is 4.79 Å². The number of rotatable bonds is 9. The first-order chi connectivity index (χ1) is 10.4. The zero-order chi connectivity index (χ0) is 16.5. The lowest BCUT2D eigenvalue weighted by Crippen LogP contribution is -2.37. The fourth-order valence-electron chi connectivity index (χ4n) is 2.33. The molecule has 22 heavy (non-hydrogen) atoms. The van der Waals surface area contributed by atoms with E-state index in [1.165, 1.54) is 5.56 Å². The van der Waals surface area contributed by atoms with Gasteiger partial charge in [0.15, 0.2) is 0 Å². The second-order valence-corrected chi connectivity index (χ2v) is 6.09. The Morgan fingerprint density at radius 3 is 2.55 bits per heavy atom. The lowest BCUT2D eigenvalue weighted by atomic mass is 10.1. The lowest BCUT2D eigenvalue weighted by molar-refractivity contribution is -0.132. The number of hydrogen-bond acceptors (Lipinski definition) is 3. The molecule has 0 N–H and O–H groups in total. The molecule has 1 aromatic rings. The fraction of sp³-hybridized carbons (Fsp3) is 0.611. The van der Waals surface area contributed by atoms with Crippen LogP contribution in [0.1, 0.15) is 31.4 Å². The van der Waals surface area contributed by atoms with Gasteiger partial charge >= 0.3 is 0 Å². The van der Waals surface area contributed by atoms with Crippen molar-refractivity contribution in [1.82, 2.24) is 4.90 Å². The number of amides is 1. The highest BCUT2D eigenvalue weighted by atomic mass is 16.5. The molecule has 1 aromatic carbocycles. The second kappa shape index (κ2) is 9.46. The third-order valence-corrected chi connectivity index (χ3v) is 3.41. The van der Waals surface area contributed by atoms with Crippen LogP contribution in [0.3, 0.4) is 0 Å². The summed E-state index contributed by atoms with van der Waals surface area (Å²) in [5, 5.41) is 0. The van der Waals surface area contributed by atoms with E-state index in [0.29, 0.717) is 32.1 Å². The highest BCUT2D eigenvalue weighted by Crippen LogP contribution is 2.18. The van der Waals surface area contributed by atoms with Gasteiger partial charge in [0.1, 0.15) is 5.75 Å². The molecule has 0 aliphatic rings. The Labute approximate surface area is 134 Å². The molecule has 0 saturated carbocycles. The predicted octanol–water partition coefficient (Wildman–Crippen LogP) is 3.20. The van der Waals surface area contributed by atoms with E-state index in [1.807, 2.05) is 24.0 Å². The van der Waals surface area contributed by atoms with Crippen LogP contribution in [0.25, 0.3) is 0 Å². The van der Waals surface area contributed by atoms with Crippen LogP contribution in [0.5, 0.6) is 5.75 Å². The van der Waals surface area contributed by atoms with Crippen LogP contribution in [0.4, 0.5) is 0 Å². The van der Waals surface area contributed by atoms with Gasteiger partial charge in [-0.1, -0.05) is 31.5 Å². The number of ether oxygens (including phenoxy) is 2. The monoisotopic (exact) mass is 307 g/mol. The molecular weight excluding hydrogens is 278 g/mol. The molecule has 4 heteroatoms. The number of aryl methyl sites for hydroxylation is 2. The maximum absolute atomic E-state index is 12.3. The average Bonchev–Trinajstić information content (AvgIpc) is 2.45. The van der Waals surface area contributed by atoms with E-state index >= 15 is 0 Å². The first-order valence-electron chi connectivity index (χ1n) is 7.90. The Hall–Kier alpha value is -1.55. The fourth-order valence-corrected chi connectivity index (χ4v) is 2.33. The summed E-state index contributed by atoms with van der Waals surface area (Å²) in [7, 11) is 1.65. The molecule has 0 atom stereocenters. The van der Waals surface area contributed by atoms with E-state index in [0.717, 1.165) is 17.9 Å². The van der Waals surface area contributed by atoms with Crippen LogP contribution in [0.2, 0.25) is 0 Å². The number of nitrogens with zero attached hydrogens (tertiary/aromatic N) is 1. The highest BCUT2D eigenvalue weighted by Gasteiger charge is 2.14. The summed E-state index contributed by atoms with van der Waals surface area (Å²) in [6.45, 7) is 10.7. The Morgan fingerprint density at radius 2 is 1.95 bits per heavy atom. The van der Waals surface area contributed by atoms with Crippen LogP contribution < -0.4 is 4.74 Å². The van der Waals surface area contributed by atoms with Gasteiger partial charge in [0.25, 0.3) is 0 Å². The van der Waals surface area contributed by atoms with Crippen LogP contribution in [-0.4, -0.2) is 44.2 Å². The van der Waals surface area contributed by atoms with Crippen molar-refractivity contribution in [1.29, 1.82) is 0 Å². The van der Waals surface area contributed by atoms with Gasteiger partial charge in [-0.2, -0.15) is 0 Å². The molecule has 0 aliphatic carbocycles. The van der Waals surface area contributed by atoms with Gasteiger partial charge in [-0.25, -0.2) is 0 Å². The van der Waals surface area contributed by atoms with E-state index in [2.05, 4.69) is 26.8 Å². The van der Waals surface area contributed by atoms with Gasteiger partial charge in [-0.05, 0) is 31.4 Å². The van der Waals surface area contributed by atoms with Crippen molar-refractivity contribution in [3.8, 4) is 5.75 Å². The summed E-state index contributed by atoms with van der Waals surface area (Å²) >= 11 is 0. The minimum absolute atomic E-state index is 0.121. The van der Waals surface area contributed by atoms with Crippen molar-refractivity contribution in [2.75, 3.05) is 33.4 Å². The van der Waals surface area contributed by atoms with Gasteiger partial charge in [0.05, 0.1) is 19.6 Å². The molecule has 0 aromatic heterocycles. The number of benzene rings is 1. The molecule has 1 amide bonds. The van der Waals surface area contributed by atoms with Gasteiger partial charge in [-0.3, -0.25) is 4.79 Å². The first kappa shape index (κ1) is 18.5. The van der Waals surface area contributed by atoms with Crippen molar-refractivity contribution in [2.45, 2.75) is 34.1 Å². The van der Waals surface area contributed by atoms with Crippen LogP contribution in [-0.2, 0) is 9.53 Å². The highest BCUT2D eigenvalue weighted by molar-refractivity contribution is 5.76. The van der Waals surface area contributed by atoms with E-state index < -0.39 is 0 Å². The SMILES string of the molecule is COCCN(CC(C)C)C(=O)CCOc1ccc(C)cc1C. The van der Waals surface area contributed by atoms with Crippen molar-refractivity contribution in [3.05, 3.63) is 29.3 Å². The Kier molecular flexibility index (Phi) is 7.96. The summed E-state index contributed by atoms with van der Waals surface area (Å²) < 4.78 is 10.8. The predicted molar refractivity (Wildman–Crippen MR) is 89.3 cm³/mol. The number of carbonyl (C=O) groups excluding carboxylic acids is 1. The standard InChI is InChI=1S/C18H29NO3/c1-14(2)13-19(9-11-21-5)18(20)8-10-22-17-7-6-15(3)12-16(17)4/h6-7,12,14H,8-11,13H2,1-5H3. The minimum atomic E-state index is 0.121. The maximum Gasteiger partial charge on any atom is 0.226 e. The van der Waals surface area contributed by atoms with E-state index in [1.54, 1.807) is 7.11 Å². The molecule has 0 unspecified atom stereocenters. The zero-order valence-electron chi connectivity index (χ0n) is 14.5. The molecule has 0 bridgehead atoms. The Balaban J connectivity index is 2.48. The molecule has 0 fully saturated rings. The summed E-state index contributed by atoms with van der Waals surface area (Å²) in [4.78, 5) is 14.2. The summed E-state index contributed by atoms with van der Waals surface area (Å²) in [6.07, 6.45) is 0.393. The Bertz CT molecular complexity index is 471. The molecule has 0 heterocycles.